The molecule has 0 spiro atoms. The van der Waals surface area contributed by atoms with Gasteiger partial charge in [0.2, 0.25) is 0 Å². The van der Waals surface area contributed by atoms with Gasteiger partial charge in [0.25, 0.3) is 0 Å². The maximum absolute atomic E-state index is 10.1. The van der Waals surface area contributed by atoms with Crippen LogP contribution in [0.5, 0.6) is 5.75 Å². The molecule has 1 unspecified atom stereocenters. The molecule has 22 heavy (non-hydrogen) atoms. The lowest BCUT2D eigenvalue weighted by Crippen LogP contribution is -2.42. The summed E-state index contributed by atoms with van der Waals surface area (Å²) in [5.41, 5.74) is 2.06. The molecule has 0 aliphatic carbocycles. The number of aliphatic hydroxyl groups excluding tert-OH is 1. The standard InChI is InChI=1S/C17H24N2O2S/c1-12-7-13(2)9-15(8-12)21-11-14(20)10-19-17(3,4)16-18-5-6-22-16/h5-9,14,19-20H,10-11H2,1-4H3. The average molecular weight is 320 g/mol. The third-order valence-electron chi connectivity index (χ3n) is 3.38. The van der Waals surface area contributed by atoms with Crippen molar-refractivity contribution in [3.05, 3.63) is 45.9 Å². The Morgan fingerprint density at radius 2 is 1.95 bits per heavy atom. The van der Waals surface area contributed by atoms with E-state index in [2.05, 4.69) is 30.2 Å². The predicted molar refractivity (Wildman–Crippen MR) is 90.6 cm³/mol. The van der Waals surface area contributed by atoms with Gasteiger partial charge in [-0.2, -0.15) is 0 Å². The highest BCUT2D eigenvalue weighted by Crippen LogP contribution is 2.22. The third kappa shape index (κ3) is 4.80. The number of hydrogen-bond donors (Lipinski definition) is 2. The number of aliphatic hydroxyl groups is 1. The molecule has 1 heterocycles. The number of rotatable bonds is 7. The molecule has 1 aromatic carbocycles. The molecule has 0 amide bonds. The van der Waals surface area contributed by atoms with Gasteiger partial charge in [0.1, 0.15) is 23.5 Å². The van der Waals surface area contributed by atoms with E-state index in [4.69, 9.17) is 4.74 Å². The lowest BCUT2D eigenvalue weighted by atomic mass is 10.1. The first kappa shape index (κ1) is 16.9. The van der Waals surface area contributed by atoms with Crippen LogP contribution in [-0.2, 0) is 5.54 Å². The largest absolute Gasteiger partial charge is 0.491 e. The second-order valence-electron chi connectivity index (χ2n) is 6.13. The average Bonchev–Trinajstić information content (AvgIpc) is 2.97. The molecule has 2 rings (SSSR count). The number of aryl methyl sites for hydroxylation is 2. The zero-order valence-corrected chi connectivity index (χ0v) is 14.4. The molecular formula is C17H24N2O2S. The minimum absolute atomic E-state index is 0.255. The number of thiazole rings is 1. The van der Waals surface area contributed by atoms with Gasteiger partial charge in [-0.05, 0) is 51.0 Å². The zero-order chi connectivity index (χ0) is 16.2. The van der Waals surface area contributed by atoms with Gasteiger partial charge in [-0.1, -0.05) is 6.07 Å². The van der Waals surface area contributed by atoms with Crippen LogP contribution in [0.1, 0.15) is 30.0 Å². The first-order valence-electron chi connectivity index (χ1n) is 7.41. The Morgan fingerprint density at radius 3 is 2.55 bits per heavy atom. The normalized spacial score (nSPS) is 13.1. The van der Waals surface area contributed by atoms with Crippen molar-refractivity contribution in [1.82, 2.24) is 10.3 Å². The van der Waals surface area contributed by atoms with Crippen LogP contribution in [-0.4, -0.2) is 29.3 Å². The fraction of sp³-hybridized carbons (Fsp3) is 0.471. The number of nitrogens with one attached hydrogen (secondary N) is 1. The van der Waals surface area contributed by atoms with E-state index in [1.165, 1.54) is 0 Å². The fourth-order valence-electron chi connectivity index (χ4n) is 2.25. The molecule has 0 aliphatic rings. The maximum Gasteiger partial charge on any atom is 0.119 e. The van der Waals surface area contributed by atoms with Crippen molar-refractivity contribution < 1.29 is 9.84 Å². The molecule has 1 aromatic heterocycles. The van der Waals surface area contributed by atoms with E-state index < -0.39 is 6.10 Å². The molecule has 5 heteroatoms. The van der Waals surface area contributed by atoms with Crippen LogP contribution in [0.3, 0.4) is 0 Å². The second kappa shape index (κ2) is 7.22. The van der Waals surface area contributed by atoms with Crippen molar-refractivity contribution >= 4 is 11.3 Å². The van der Waals surface area contributed by atoms with Crippen LogP contribution in [0, 0.1) is 13.8 Å². The summed E-state index contributed by atoms with van der Waals surface area (Å²) in [4.78, 5) is 4.32. The van der Waals surface area contributed by atoms with Crippen molar-refractivity contribution in [2.75, 3.05) is 13.2 Å². The Kier molecular flexibility index (Phi) is 5.56. The number of nitrogens with zero attached hydrogens (tertiary/aromatic N) is 1. The molecule has 120 valence electrons. The summed E-state index contributed by atoms with van der Waals surface area (Å²) in [5, 5.41) is 16.4. The van der Waals surface area contributed by atoms with Crippen molar-refractivity contribution in [2.45, 2.75) is 39.3 Å². The van der Waals surface area contributed by atoms with Gasteiger partial charge in [-0.3, -0.25) is 0 Å². The summed E-state index contributed by atoms with van der Waals surface area (Å²) in [6.45, 7) is 8.91. The predicted octanol–water partition coefficient (Wildman–Crippen LogP) is 3.02. The Morgan fingerprint density at radius 1 is 1.27 bits per heavy atom. The van der Waals surface area contributed by atoms with E-state index in [9.17, 15) is 5.11 Å². The molecule has 0 aliphatic heterocycles. The Balaban J connectivity index is 1.82. The van der Waals surface area contributed by atoms with Crippen LogP contribution >= 0.6 is 11.3 Å². The number of aromatic nitrogens is 1. The quantitative estimate of drug-likeness (QED) is 0.823. The third-order valence-corrected chi connectivity index (χ3v) is 4.48. The Labute approximate surface area is 136 Å². The molecular weight excluding hydrogens is 296 g/mol. The fourth-order valence-corrected chi connectivity index (χ4v) is 2.99. The first-order valence-corrected chi connectivity index (χ1v) is 8.29. The lowest BCUT2D eigenvalue weighted by molar-refractivity contribution is 0.0987. The molecule has 1 atom stereocenters. The minimum Gasteiger partial charge on any atom is -0.491 e. The van der Waals surface area contributed by atoms with E-state index in [1.54, 1.807) is 17.5 Å². The van der Waals surface area contributed by atoms with E-state index in [0.29, 0.717) is 6.54 Å². The Bertz CT molecular complexity index is 576. The minimum atomic E-state index is -0.569. The van der Waals surface area contributed by atoms with Crippen LogP contribution in [0.4, 0.5) is 0 Å². The SMILES string of the molecule is Cc1cc(C)cc(OCC(O)CNC(C)(C)c2nccs2)c1. The van der Waals surface area contributed by atoms with Gasteiger partial charge in [0, 0.05) is 18.1 Å². The summed E-state index contributed by atoms with van der Waals surface area (Å²) >= 11 is 1.61. The molecule has 0 saturated heterocycles. The van der Waals surface area contributed by atoms with Gasteiger partial charge in [-0.25, -0.2) is 4.98 Å². The van der Waals surface area contributed by atoms with E-state index in [-0.39, 0.29) is 12.1 Å². The van der Waals surface area contributed by atoms with E-state index >= 15 is 0 Å². The molecule has 0 saturated carbocycles. The summed E-state index contributed by atoms with van der Waals surface area (Å²) in [6.07, 6.45) is 1.23. The monoisotopic (exact) mass is 320 g/mol. The zero-order valence-electron chi connectivity index (χ0n) is 13.6. The van der Waals surface area contributed by atoms with E-state index in [0.717, 1.165) is 21.9 Å². The smallest absolute Gasteiger partial charge is 0.119 e. The molecule has 0 fully saturated rings. The van der Waals surface area contributed by atoms with Crippen molar-refractivity contribution in [3.8, 4) is 5.75 Å². The summed E-state index contributed by atoms with van der Waals surface area (Å²) in [7, 11) is 0. The molecule has 2 N–H and O–H groups in total. The van der Waals surface area contributed by atoms with Crippen molar-refractivity contribution in [3.63, 3.8) is 0 Å². The summed E-state index contributed by atoms with van der Waals surface area (Å²) < 4.78 is 5.68. The van der Waals surface area contributed by atoms with Gasteiger partial charge in [0.15, 0.2) is 0 Å². The highest BCUT2D eigenvalue weighted by Gasteiger charge is 2.23. The van der Waals surface area contributed by atoms with Crippen molar-refractivity contribution in [2.24, 2.45) is 0 Å². The first-order chi connectivity index (χ1) is 10.4. The summed E-state index contributed by atoms with van der Waals surface area (Å²) in [5.74, 6) is 0.802. The second-order valence-corrected chi connectivity index (χ2v) is 7.03. The number of hydrogen-bond acceptors (Lipinski definition) is 5. The number of ether oxygens (including phenoxy) is 1. The van der Waals surface area contributed by atoms with Crippen LogP contribution in [0.25, 0.3) is 0 Å². The van der Waals surface area contributed by atoms with Gasteiger partial charge >= 0.3 is 0 Å². The van der Waals surface area contributed by atoms with Gasteiger partial charge in [-0.15, -0.1) is 11.3 Å². The Hall–Kier alpha value is -1.43. The van der Waals surface area contributed by atoms with Crippen LogP contribution in [0.15, 0.2) is 29.8 Å². The van der Waals surface area contributed by atoms with Gasteiger partial charge in [0.05, 0.1) is 5.54 Å². The highest BCUT2D eigenvalue weighted by atomic mass is 32.1. The van der Waals surface area contributed by atoms with Gasteiger partial charge < -0.3 is 15.2 Å². The summed E-state index contributed by atoms with van der Waals surface area (Å²) in [6, 6.07) is 6.06. The molecule has 0 radical (unpaired) electrons. The van der Waals surface area contributed by atoms with Crippen LogP contribution < -0.4 is 10.1 Å². The van der Waals surface area contributed by atoms with Crippen molar-refractivity contribution in [1.29, 1.82) is 0 Å². The van der Waals surface area contributed by atoms with Crippen LogP contribution in [0.2, 0.25) is 0 Å². The van der Waals surface area contributed by atoms with E-state index in [1.807, 2.05) is 31.4 Å². The lowest BCUT2D eigenvalue weighted by Gasteiger charge is -2.25. The molecule has 0 bridgehead atoms. The highest BCUT2D eigenvalue weighted by molar-refractivity contribution is 7.09. The topological polar surface area (TPSA) is 54.4 Å². The molecule has 4 nitrogen and oxygen atoms in total. The number of benzene rings is 1. The maximum atomic E-state index is 10.1. The molecule has 2 aromatic rings.